The maximum Gasteiger partial charge on any atom is 0.234 e. The molecule has 1 aromatic carbocycles. The highest BCUT2D eigenvalue weighted by Crippen LogP contribution is 2.40. The van der Waals surface area contributed by atoms with E-state index in [1.165, 1.54) is 32.1 Å². The van der Waals surface area contributed by atoms with Crippen molar-refractivity contribution in [3.63, 3.8) is 0 Å². The molecule has 1 unspecified atom stereocenters. The number of hydrogen-bond acceptors (Lipinski definition) is 1. The average Bonchev–Trinajstić information content (AvgIpc) is 2.68. The normalized spacial score (nSPS) is 17.4. The van der Waals surface area contributed by atoms with Gasteiger partial charge in [-0.1, -0.05) is 51.2 Å². The Morgan fingerprint density at radius 1 is 1.19 bits per heavy atom. The fourth-order valence-corrected chi connectivity index (χ4v) is 3.17. The zero-order valence-corrected chi connectivity index (χ0v) is 14.1. The van der Waals surface area contributed by atoms with Crippen LogP contribution in [0.4, 0.5) is 5.69 Å². The lowest BCUT2D eigenvalue weighted by molar-refractivity contribution is -0.119. The van der Waals surface area contributed by atoms with Crippen LogP contribution < -0.4 is 5.32 Å². The number of halogens is 1. The zero-order valence-electron chi connectivity index (χ0n) is 13.3. The van der Waals surface area contributed by atoms with E-state index >= 15 is 0 Å². The first-order valence-corrected chi connectivity index (χ1v) is 8.50. The minimum absolute atomic E-state index is 0.0448. The summed E-state index contributed by atoms with van der Waals surface area (Å²) in [5.41, 5.74) is 2.68. The van der Waals surface area contributed by atoms with Crippen LogP contribution in [0.5, 0.6) is 0 Å². The van der Waals surface area contributed by atoms with Gasteiger partial charge >= 0.3 is 0 Å². The van der Waals surface area contributed by atoms with Crippen molar-refractivity contribution in [2.45, 2.75) is 70.1 Å². The van der Waals surface area contributed by atoms with Gasteiger partial charge in [0.05, 0.1) is 10.8 Å². The number of anilines is 1. The van der Waals surface area contributed by atoms with Crippen molar-refractivity contribution in [3.05, 3.63) is 29.3 Å². The van der Waals surface area contributed by atoms with Gasteiger partial charge in [-0.15, -0.1) is 11.6 Å². The van der Waals surface area contributed by atoms with Crippen LogP contribution in [0.25, 0.3) is 0 Å². The van der Waals surface area contributed by atoms with E-state index in [-0.39, 0.29) is 11.3 Å². The van der Waals surface area contributed by atoms with E-state index in [1.54, 1.807) is 0 Å². The molecule has 3 heteroatoms. The molecule has 1 heterocycles. The number of hydrogen-bond donors (Lipinski definition) is 1. The van der Waals surface area contributed by atoms with Gasteiger partial charge in [0.25, 0.3) is 0 Å². The van der Waals surface area contributed by atoms with Crippen LogP contribution in [0, 0.1) is 0 Å². The second kappa shape index (κ2) is 6.83. The molecule has 1 aliphatic heterocycles. The highest BCUT2D eigenvalue weighted by Gasteiger charge is 2.38. The summed E-state index contributed by atoms with van der Waals surface area (Å²) in [7, 11) is 0. The summed E-state index contributed by atoms with van der Waals surface area (Å²) in [6.07, 6.45) is 7.32. The molecule has 0 bridgehead atoms. The van der Waals surface area contributed by atoms with Gasteiger partial charge < -0.3 is 5.32 Å². The molecule has 0 aromatic heterocycles. The van der Waals surface area contributed by atoms with E-state index < -0.39 is 5.41 Å². The van der Waals surface area contributed by atoms with Gasteiger partial charge in [-0.3, -0.25) is 4.79 Å². The lowest BCUT2D eigenvalue weighted by Gasteiger charge is -2.17. The van der Waals surface area contributed by atoms with E-state index in [2.05, 4.69) is 18.3 Å². The third-order valence-corrected chi connectivity index (χ3v) is 4.93. The highest BCUT2D eigenvalue weighted by molar-refractivity contribution is 6.20. The van der Waals surface area contributed by atoms with E-state index in [0.717, 1.165) is 23.2 Å². The SMILES string of the molecule is CCCCCCCC(Cl)c1ccc2c(c1)C(C)(C)C(=O)N2. The molecule has 1 aromatic rings. The summed E-state index contributed by atoms with van der Waals surface area (Å²) in [6.45, 7) is 6.16. The minimum atomic E-state index is -0.455. The standard InChI is InChI=1S/C18H26ClNO/c1-4-5-6-7-8-9-15(19)13-10-11-16-14(12-13)18(2,3)17(21)20-16/h10-12,15H,4-9H2,1-3H3,(H,20,21). The average molecular weight is 308 g/mol. The predicted octanol–water partition coefficient (Wildman–Crippen LogP) is 5.56. The first-order chi connectivity index (χ1) is 9.96. The molecule has 1 atom stereocenters. The number of alkyl halides is 1. The summed E-state index contributed by atoms with van der Waals surface area (Å²) in [4.78, 5) is 12.0. The molecule has 0 fully saturated rings. The molecule has 1 N–H and O–H groups in total. The lowest BCUT2D eigenvalue weighted by Crippen LogP contribution is -2.26. The molecule has 0 spiro atoms. The maximum absolute atomic E-state index is 12.0. The number of unbranched alkanes of at least 4 members (excludes halogenated alkanes) is 4. The Morgan fingerprint density at radius 3 is 2.62 bits per heavy atom. The number of carbonyl (C=O) groups is 1. The third-order valence-electron chi connectivity index (χ3n) is 4.46. The van der Waals surface area contributed by atoms with Crippen LogP contribution in [0.1, 0.15) is 75.8 Å². The van der Waals surface area contributed by atoms with E-state index in [9.17, 15) is 4.79 Å². The predicted molar refractivity (Wildman–Crippen MR) is 90.1 cm³/mol. The summed E-state index contributed by atoms with van der Waals surface area (Å²) in [5, 5.41) is 2.98. The largest absolute Gasteiger partial charge is 0.325 e. The van der Waals surface area contributed by atoms with Crippen LogP contribution in [0.15, 0.2) is 18.2 Å². The molecule has 0 saturated carbocycles. The van der Waals surface area contributed by atoms with Crippen molar-refractivity contribution >= 4 is 23.2 Å². The molecule has 1 amide bonds. The van der Waals surface area contributed by atoms with Crippen LogP contribution in [-0.2, 0) is 10.2 Å². The smallest absolute Gasteiger partial charge is 0.234 e. The molecular weight excluding hydrogens is 282 g/mol. The van der Waals surface area contributed by atoms with Crippen molar-refractivity contribution in [3.8, 4) is 0 Å². The zero-order chi connectivity index (χ0) is 15.5. The first-order valence-electron chi connectivity index (χ1n) is 8.06. The van der Waals surface area contributed by atoms with Gasteiger partial charge in [0, 0.05) is 5.69 Å². The van der Waals surface area contributed by atoms with E-state index in [0.29, 0.717) is 0 Å². The minimum Gasteiger partial charge on any atom is -0.325 e. The Balaban J connectivity index is 1.99. The Hall–Kier alpha value is -1.02. The molecule has 0 saturated heterocycles. The third kappa shape index (κ3) is 3.60. The summed E-state index contributed by atoms with van der Waals surface area (Å²) >= 11 is 6.54. The van der Waals surface area contributed by atoms with Crippen molar-refractivity contribution < 1.29 is 4.79 Å². The second-order valence-corrected chi connectivity index (χ2v) is 7.08. The van der Waals surface area contributed by atoms with Crippen molar-refractivity contribution in [1.29, 1.82) is 0 Å². The van der Waals surface area contributed by atoms with Crippen molar-refractivity contribution in [2.75, 3.05) is 5.32 Å². The number of nitrogens with one attached hydrogen (secondary N) is 1. The highest BCUT2D eigenvalue weighted by atomic mass is 35.5. The number of fused-ring (bicyclic) bond motifs is 1. The topological polar surface area (TPSA) is 29.1 Å². The number of amides is 1. The van der Waals surface area contributed by atoms with Crippen LogP contribution in [0.3, 0.4) is 0 Å². The van der Waals surface area contributed by atoms with Gasteiger partial charge in [0.2, 0.25) is 5.91 Å². The first kappa shape index (κ1) is 16.4. The fraction of sp³-hybridized carbons (Fsp3) is 0.611. The van der Waals surface area contributed by atoms with Gasteiger partial charge in [-0.25, -0.2) is 0 Å². The Kier molecular flexibility index (Phi) is 5.32. The molecule has 2 nitrogen and oxygen atoms in total. The molecule has 0 radical (unpaired) electrons. The van der Waals surface area contributed by atoms with Crippen LogP contribution >= 0.6 is 11.6 Å². The number of rotatable bonds is 7. The molecular formula is C18H26ClNO. The van der Waals surface area contributed by atoms with Gasteiger partial charge in [-0.05, 0) is 37.5 Å². The van der Waals surface area contributed by atoms with E-state index in [1.807, 2.05) is 26.0 Å². The fourth-order valence-electron chi connectivity index (χ4n) is 2.88. The Bertz CT molecular complexity index is 510. The summed E-state index contributed by atoms with van der Waals surface area (Å²) < 4.78 is 0. The van der Waals surface area contributed by atoms with Crippen LogP contribution in [-0.4, -0.2) is 5.91 Å². The molecule has 1 aliphatic rings. The summed E-state index contributed by atoms with van der Waals surface area (Å²) in [5.74, 6) is 0.0698. The molecule has 2 rings (SSSR count). The number of benzene rings is 1. The van der Waals surface area contributed by atoms with Crippen molar-refractivity contribution in [2.24, 2.45) is 0 Å². The lowest BCUT2D eigenvalue weighted by atomic mass is 9.85. The van der Waals surface area contributed by atoms with Crippen molar-refractivity contribution in [1.82, 2.24) is 0 Å². The maximum atomic E-state index is 12.0. The monoisotopic (exact) mass is 307 g/mol. The Labute approximate surface area is 133 Å². The number of carbonyl (C=O) groups excluding carboxylic acids is 1. The van der Waals surface area contributed by atoms with Gasteiger partial charge in [0.1, 0.15) is 0 Å². The van der Waals surface area contributed by atoms with E-state index in [4.69, 9.17) is 11.6 Å². The quantitative estimate of drug-likeness (QED) is 0.519. The Morgan fingerprint density at radius 2 is 1.90 bits per heavy atom. The van der Waals surface area contributed by atoms with Crippen LogP contribution in [0.2, 0.25) is 0 Å². The molecule has 21 heavy (non-hydrogen) atoms. The second-order valence-electron chi connectivity index (χ2n) is 6.55. The molecule has 116 valence electrons. The molecule has 0 aliphatic carbocycles. The summed E-state index contributed by atoms with van der Waals surface area (Å²) in [6, 6.07) is 6.14. The van der Waals surface area contributed by atoms with Gasteiger partial charge in [-0.2, -0.15) is 0 Å². The van der Waals surface area contributed by atoms with Gasteiger partial charge in [0.15, 0.2) is 0 Å².